The van der Waals surface area contributed by atoms with Crippen molar-refractivity contribution in [2.75, 3.05) is 20.0 Å². The molecule has 0 saturated heterocycles. The molecule has 0 aromatic heterocycles. The summed E-state index contributed by atoms with van der Waals surface area (Å²) in [5.74, 6) is 7.34. The summed E-state index contributed by atoms with van der Waals surface area (Å²) in [4.78, 5) is 0.331. The molecule has 1 fully saturated rings. The fourth-order valence-corrected chi connectivity index (χ4v) is 2.32. The summed E-state index contributed by atoms with van der Waals surface area (Å²) < 4.78 is 20.4. The van der Waals surface area contributed by atoms with Crippen molar-refractivity contribution in [2.45, 2.75) is 39.5 Å². The maximum atomic E-state index is 10.2. The van der Waals surface area contributed by atoms with Gasteiger partial charge >= 0.3 is 27.0 Å². The van der Waals surface area contributed by atoms with Crippen LogP contribution in [0.3, 0.4) is 0 Å². The van der Waals surface area contributed by atoms with E-state index in [1.807, 2.05) is 17.3 Å². The average Bonchev–Trinajstić information content (AvgIpc) is 2.75. The second-order valence-electron chi connectivity index (χ2n) is 6.01. The molecule has 1 atom stereocenters. The van der Waals surface area contributed by atoms with Crippen LogP contribution in [-0.2, 0) is 28.4 Å². The molecule has 0 N–H and O–H groups in total. The van der Waals surface area contributed by atoms with E-state index < -0.39 is 11.1 Å². The average molecular weight is 491 g/mol. The van der Waals surface area contributed by atoms with Gasteiger partial charge in [0.1, 0.15) is 0 Å². The van der Waals surface area contributed by atoms with Crippen molar-refractivity contribution in [1.82, 2.24) is 0 Å². The van der Waals surface area contributed by atoms with Crippen LogP contribution in [0.25, 0.3) is 0 Å². The molecular formula is C19H29ClO2PRhS+. The predicted molar refractivity (Wildman–Crippen MR) is 109 cm³/mol. The van der Waals surface area contributed by atoms with E-state index in [1.165, 1.54) is 29.6 Å². The van der Waals surface area contributed by atoms with E-state index in [-0.39, 0.29) is 0 Å². The molecular weight excluding hydrogens is 462 g/mol. The van der Waals surface area contributed by atoms with Gasteiger partial charge in [-0.3, -0.25) is 4.21 Å². The predicted octanol–water partition coefficient (Wildman–Crippen LogP) is 5.94. The van der Waals surface area contributed by atoms with E-state index in [1.54, 1.807) is 30.3 Å². The molecule has 2 rings (SSSR count). The van der Waals surface area contributed by atoms with Crippen LogP contribution in [0.5, 0.6) is 0 Å². The molecule has 25 heavy (non-hydrogen) atoms. The van der Waals surface area contributed by atoms with Crippen LogP contribution in [0, 0.1) is 29.6 Å². The fraction of sp³-hybridized carbons (Fsp3) is 0.421. The fourth-order valence-electron chi connectivity index (χ4n) is 1.94. The van der Waals surface area contributed by atoms with Gasteiger partial charge < -0.3 is 4.55 Å². The molecule has 0 aliphatic heterocycles. The van der Waals surface area contributed by atoms with E-state index in [9.17, 15) is 8.76 Å². The van der Waals surface area contributed by atoms with Gasteiger partial charge in [-0.05, 0) is 72.8 Å². The van der Waals surface area contributed by atoms with Gasteiger partial charge in [0.2, 0.25) is 0 Å². The minimum absolute atomic E-state index is 0.331. The van der Waals surface area contributed by atoms with Crippen LogP contribution in [0.2, 0.25) is 0 Å². The molecule has 5 radical (unpaired) electrons. The van der Waals surface area contributed by atoms with E-state index in [0.717, 1.165) is 0 Å². The molecule has 1 aliphatic carbocycles. The van der Waals surface area contributed by atoms with Crippen LogP contribution in [-0.4, -0.2) is 28.8 Å². The Labute approximate surface area is 173 Å². The molecule has 0 bridgehead atoms. The summed E-state index contributed by atoms with van der Waals surface area (Å²) in [6.07, 6.45) is 0. The third-order valence-corrected chi connectivity index (χ3v) is 4.41. The Morgan fingerprint density at radius 3 is 1.20 bits per heavy atom. The summed E-state index contributed by atoms with van der Waals surface area (Å²) in [7, 11) is 4.91. The normalized spacial score (nSPS) is 17.8. The first-order valence-electron chi connectivity index (χ1n) is 7.67. The van der Waals surface area contributed by atoms with Crippen molar-refractivity contribution >= 4 is 28.7 Å². The molecule has 0 spiro atoms. The Bertz CT molecular complexity index is 414. The first-order valence-corrected chi connectivity index (χ1v) is 13.5. The van der Waals surface area contributed by atoms with Crippen LogP contribution in [0.1, 0.15) is 34.6 Å². The van der Waals surface area contributed by atoms with E-state index in [2.05, 4.69) is 64.3 Å². The zero-order valence-electron chi connectivity index (χ0n) is 16.3. The van der Waals surface area contributed by atoms with Crippen molar-refractivity contribution in [3.05, 3.63) is 59.9 Å². The second kappa shape index (κ2) is 15.7. The summed E-state index contributed by atoms with van der Waals surface area (Å²) in [6, 6.07) is 8.23. The van der Waals surface area contributed by atoms with Crippen LogP contribution < -0.4 is 0 Å². The van der Waals surface area contributed by atoms with Gasteiger partial charge in [-0.2, -0.15) is 0 Å². The molecule has 1 aromatic rings. The van der Waals surface area contributed by atoms with Gasteiger partial charge in [-0.15, -0.1) is 7.92 Å². The Kier molecular flexibility index (Phi) is 17.5. The Balaban J connectivity index is 0. The minimum atomic E-state index is -2.08. The molecule has 6 heteroatoms. The van der Waals surface area contributed by atoms with Crippen molar-refractivity contribution < 1.29 is 26.1 Å². The monoisotopic (exact) mass is 490 g/mol. The van der Waals surface area contributed by atoms with E-state index in [4.69, 9.17) is 0 Å². The molecule has 2 nitrogen and oxygen atoms in total. The second-order valence-corrected chi connectivity index (χ2v) is 9.64. The van der Waals surface area contributed by atoms with Gasteiger partial charge in [-0.25, -0.2) is 0 Å². The molecule has 1 saturated carbocycles. The summed E-state index contributed by atoms with van der Waals surface area (Å²) in [5, 5.41) is 0. The number of hydrogen-bond acceptors (Lipinski definition) is 2. The van der Waals surface area contributed by atoms with Crippen molar-refractivity contribution in [3.8, 4) is 0 Å². The van der Waals surface area contributed by atoms with Gasteiger partial charge in [-0.1, -0.05) is 52.8 Å². The standard InChI is InChI=1S/C10H15.C6H6O2S.C3H9P.ClH.Rh/c1-6-7(2)9(4)10(5)8(6)3;7-9(8)6-4-2-1-3-5-6;1-4(2)3;;/h1-5H3;1-5H,(H,7,8);1-3H3;1H;/q;;;;+3/p-2. The summed E-state index contributed by atoms with van der Waals surface area (Å²) >= 11 is -0.0567. The number of rotatable bonds is 1. The Hall–Kier alpha value is 0.673. The molecule has 1 unspecified atom stereocenters. The van der Waals surface area contributed by atoms with Gasteiger partial charge in [0, 0.05) is 4.90 Å². The summed E-state index contributed by atoms with van der Waals surface area (Å²) in [5.41, 5.74) is 0. The number of hydrogen-bond donors (Lipinski definition) is 0. The first-order chi connectivity index (χ1) is 11.6. The Morgan fingerprint density at radius 1 is 0.800 bits per heavy atom. The number of halogens is 1. The van der Waals surface area contributed by atoms with Crippen molar-refractivity contribution in [2.24, 2.45) is 0 Å². The maximum absolute atomic E-state index is 10.2. The molecule has 1 aliphatic rings. The zero-order chi connectivity index (χ0) is 20.2. The van der Waals surface area contributed by atoms with Crippen LogP contribution >= 0.6 is 17.6 Å². The van der Waals surface area contributed by atoms with E-state index in [0.29, 0.717) is 12.8 Å². The number of benzene rings is 1. The van der Waals surface area contributed by atoms with Crippen LogP contribution in [0.4, 0.5) is 0 Å². The molecule has 0 heterocycles. The zero-order valence-corrected chi connectivity index (χ0v) is 20.4. The third kappa shape index (κ3) is 11.9. The molecule has 143 valence electrons. The molecule has 0 amide bonds. The van der Waals surface area contributed by atoms with E-state index >= 15 is 0 Å². The molecule has 1 aromatic carbocycles. The quantitative estimate of drug-likeness (QED) is 0.278. The summed E-state index contributed by atoms with van der Waals surface area (Å²) in [6.45, 7) is 17.7. The van der Waals surface area contributed by atoms with Crippen LogP contribution in [0.15, 0.2) is 35.2 Å². The third-order valence-electron chi connectivity index (χ3n) is 3.75. The topological polar surface area (TPSA) is 40.1 Å². The Morgan fingerprint density at radius 2 is 1.04 bits per heavy atom. The van der Waals surface area contributed by atoms with Gasteiger partial charge in [0.05, 0.1) is 0 Å². The van der Waals surface area contributed by atoms with Gasteiger partial charge in [0.25, 0.3) is 0 Å². The van der Waals surface area contributed by atoms with Gasteiger partial charge in [0.15, 0.2) is 0 Å². The van der Waals surface area contributed by atoms with Crippen molar-refractivity contribution in [3.63, 3.8) is 0 Å². The first kappa shape index (κ1) is 27.9. The van der Waals surface area contributed by atoms with Crippen molar-refractivity contribution in [1.29, 1.82) is 0 Å². The SMILES string of the molecule is CP(C)C.C[C]1[C](C)[C](C)[C](C)[C]1C.O=S([O-])c1ccccc1.[Cl][Rh+2].